The maximum Gasteiger partial charge on any atom is 0.273 e. The molecule has 0 aromatic carbocycles. The summed E-state index contributed by atoms with van der Waals surface area (Å²) >= 11 is 5.01. The number of pyridine rings is 3. The lowest BCUT2D eigenvalue weighted by Gasteiger charge is -2.06. The third kappa shape index (κ3) is 7.25. The van der Waals surface area contributed by atoms with E-state index in [4.69, 9.17) is 4.98 Å². The minimum absolute atomic E-state index is 0.0111. The average Bonchev–Trinajstić information content (AvgIpc) is 3.97. The Balaban J connectivity index is 0.994. The van der Waals surface area contributed by atoms with Gasteiger partial charge in [0.1, 0.15) is 9.40 Å². The summed E-state index contributed by atoms with van der Waals surface area (Å²) < 4.78 is 7.39. The highest BCUT2D eigenvalue weighted by Gasteiger charge is 2.25. The first-order valence-corrected chi connectivity index (χ1v) is 23.4. The van der Waals surface area contributed by atoms with E-state index in [0.29, 0.717) is 9.40 Å². The second-order valence-electron chi connectivity index (χ2n) is 15.7. The van der Waals surface area contributed by atoms with Crippen molar-refractivity contribution in [1.29, 1.82) is 0 Å². The van der Waals surface area contributed by atoms with Crippen LogP contribution in [-0.2, 0) is 12.8 Å². The zero-order chi connectivity index (χ0) is 36.3. The van der Waals surface area contributed by atoms with Crippen molar-refractivity contribution in [3.8, 4) is 0 Å². The Morgan fingerprint density at radius 1 is 0.491 bits per heavy atom. The number of fused-ring (bicyclic) bond motifs is 8. The largest absolute Gasteiger partial charge is 0.274 e. The zero-order valence-corrected chi connectivity index (χ0v) is 34.3. The van der Waals surface area contributed by atoms with Gasteiger partial charge in [-0.3, -0.25) is 23.4 Å². The summed E-state index contributed by atoms with van der Waals surface area (Å²) in [6, 6.07) is 8.81. The second kappa shape index (κ2) is 16.7. The number of rotatable bonds is 22. The van der Waals surface area contributed by atoms with E-state index >= 15 is 0 Å². The molecule has 0 fully saturated rings. The summed E-state index contributed by atoms with van der Waals surface area (Å²) in [5.41, 5.74) is 4.54. The normalized spacial score (nSPS) is 12.6. The van der Waals surface area contributed by atoms with Crippen molar-refractivity contribution in [2.75, 3.05) is 0 Å². The van der Waals surface area contributed by atoms with Gasteiger partial charge in [-0.2, -0.15) is 0 Å². The maximum absolute atomic E-state index is 14.3. The molecule has 8 aromatic heterocycles. The van der Waals surface area contributed by atoms with Gasteiger partial charge < -0.3 is 0 Å². The first-order valence-electron chi connectivity index (χ1n) is 20.9. The number of unbranched alkanes of at least 4 members (excludes halogenated alkanes) is 18. The van der Waals surface area contributed by atoms with Crippen molar-refractivity contribution in [2.45, 2.75) is 155 Å². The van der Waals surface area contributed by atoms with E-state index in [1.54, 1.807) is 0 Å². The Hall–Kier alpha value is -3.07. The fraction of sp³-hybridized carbons (Fsp3) is 0.533. The quantitative estimate of drug-likeness (QED) is 0.0510. The summed E-state index contributed by atoms with van der Waals surface area (Å²) in [5, 5.41) is 2.74. The van der Waals surface area contributed by atoms with Crippen LogP contribution >= 0.6 is 34.0 Å². The number of nitrogens with zero attached hydrogens (tertiary/aromatic N) is 3. The fourth-order valence-electron chi connectivity index (χ4n) is 8.78. The van der Waals surface area contributed by atoms with E-state index in [0.717, 1.165) is 66.0 Å². The molecule has 8 rings (SSSR count). The van der Waals surface area contributed by atoms with Crippen LogP contribution in [-0.4, -0.2) is 13.8 Å². The van der Waals surface area contributed by atoms with Gasteiger partial charge in [0.25, 0.3) is 11.1 Å². The van der Waals surface area contributed by atoms with Gasteiger partial charge in [-0.15, -0.1) is 34.0 Å². The molecule has 0 unspecified atom stereocenters. The van der Waals surface area contributed by atoms with E-state index in [-0.39, 0.29) is 11.1 Å². The molecule has 53 heavy (non-hydrogen) atoms. The smallest absolute Gasteiger partial charge is 0.273 e. The van der Waals surface area contributed by atoms with Crippen molar-refractivity contribution in [1.82, 2.24) is 13.8 Å². The van der Waals surface area contributed by atoms with Gasteiger partial charge in [0.15, 0.2) is 0 Å². The van der Waals surface area contributed by atoms with Crippen LogP contribution in [0, 0.1) is 0 Å². The average molecular weight is 766 g/mol. The van der Waals surface area contributed by atoms with Gasteiger partial charge in [-0.25, -0.2) is 0 Å². The van der Waals surface area contributed by atoms with Crippen LogP contribution in [0.4, 0.5) is 0 Å². The summed E-state index contributed by atoms with van der Waals surface area (Å²) in [5.74, 6) is 0. The Morgan fingerprint density at radius 3 is 1.43 bits per heavy atom. The van der Waals surface area contributed by atoms with E-state index in [2.05, 4.69) is 38.1 Å². The zero-order valence-electron chi connectivity index (χ0n) is 31.8. The fourth-order valence-corrected chi connectivity index (χ4v) is 12.2. The van der Waals surface area contributed by atoms with Crippen molar-refractivity contribution in [2.24, 2.45) is 0 Å². The summed E-state index contributed by atoms with van der Waals surface area (Å²) in [4.78, 5) is 36.3. The Morgan fingerprint density at radius 2 is 0.925 bits per heavy atom. The van der Waals surface area contributed by atoms with E-state index in [9.17, 15) is 9.59 Å². The van der Waals surface area contributed by atoms with Crippen LogP contribution in [0.5, 0.6) is 0 Å². The van der Waals surface area contributed by atoms with Crippen LogP contribution in [0.15, 0.2) is 40.1 Å². The molecule has 8 heterocycles. The molecular formula is C45H55N3O2S3. The molecule has 0 atom stereocenters. The van der Waals surface area contributed by atoms with Gasteiger partial charge in [0, 0.05) is 32.1 Å². The van der Waals surface area contributed by atoms with Crippen LogP contribution in [0.1, 0.15) is 152 Å². The third-order valence-corrected chi connectivity index (χ3v) is 15.1. The lowest BCUT2D eigenvalue weighted by atomic mass is 10.1. The molecule has 0 saturated heterocycles. The minimum atomic E-state index is -0.0233. The molecule has 0 spiro atoms. The van der Waals surface area contributed by atoms with Crippen LogP contribution in [0.25, 0.3) is 62.5 Å². The third-order valence-electron chi connectivity index (χ3n) is 11.7. The standard InChI is InChI=1S/C45H55N3O2S3/c1-3-5-7-9-11-13-15-17-19-21-23-30-25-34-37(51-30)27-33-32-29-46-41-36-28-38-35(26-31(52-38)24-22-20-18-16-14-12-10-8-6-4-2)48(36)45(50)43-40(41)39(32)42(53-43)44(49)47(33)34/h25-29H,3-24H2,1-2H3. The van der Waals surface area contributed by atoms with Gasteiger partial charge in [0.2, 0.25) is 0 Å². The molecule has 5 nitrogen and oxygen atoms in total. The molecule has 280 valence electrons. The van der Waals surface area contributed by atoms with E-state index in [1.807, 2.05) is 37.7 Å². The summed E-state index contributed by atoms with van der Waals surface area (Å²) in [7, 11) is 0. The molecule has 8 aromatic rings. The topological polar surface area (TPSA) is 55.9 Å². The lowest BCUT2D eigenvalue weighted by molar-refractivity contribution is 0.557. The number of hydrogen-bond donors (Lipinski definition) is 0. The monoisotopic (exact) mass is 765 g/mol. The number of aryl methyl sites for hydroxylation is 2. The van der Waals surface area contributed by atoms with Crippen LogP contribution < -0.4 is 11.1 Å². The molecule has 0 aliphatic heterocycles. The van der Waals surface area contributed by atoms with E-state index in [1.165, 1.54) is 150 Å². The molecule has 0 amide bonds. The Bertz CT molecular complexity index is 2390. The predicted molar refractivity (Wildman–Crippen MR) is 233 cm³/mol. The number of hydrogen-bond acceptors (Lipinski definition) is 6. The highest BCUT2D eigenvalue weighted by molar-refractivity contribution is 7.26. The molecule has 0 saturated carbocycles. The lowest BCUT2D eigenvalue weighted by Crippen LogP contribution is -2.12. The van der Waals surface area contributed by atoms with Crippen molar-refractivity contribution in [3.63, 3.8) is 0 Å². The van der Waals surface area contributed by atoms with Crippen molar-refractivity contribution >= 4 is 96.6 Å². The molecule has 8 heteroatoms. The van der Waals surface area contributed by atoms with Gasteiger partial charge in [0.05, 0.1) is 37.0 Å². The Kier molecular flexibility index (Phi) is 11.7. The van der Waals surface area contributed by atoms with Crippen LogP contribution in [0.2, 0.25) is 0 Å². The van der Waals surface area contributed by atoms with Crippen molar-refractivity contribution < 1.29 is 0 Å². The van der Waals surface area contributed by atoms with E-state index < -0.39 is 0 Å². The maximum atomic E-state index is 14.3. The predicted octanol–water partition coefficient (Wildman–Crippen LogP) is 14.1. The Labute approximate surface area is 324 Å². The van der Waals surface area contributed by atoms with Gasteiger partial charge in [-0.1, -0.05) is 129 Å². The molecule has 0 N–H and O–H groups in total. The highest BCUT2D eigenvalue weighted by atomic mass is 32.1. The first-order chi connectivity index (χ1) is 26.1. The highest BCUT2D eigenvalue weighted by Crippen LogP contribution is 2.42. The summed E-state index contributed by atoms with van der Waals surface area (Å²) in [6.45, 7) is 4.55. The van der Waals surface area contributed by atoms with Gasteiger partial charge >= 0.3 is 0 Å². The summed E-state index contributed by atoms with van der Waals surface area (Å²) in [6.07, 6.45) is 30.8. The SMILES string of the molecule is CCCCCCCCCCCCc1cc2c(cc3c4cnc5c6c(sc(c(=O)n23)c46)c(=O)n2c3cc(CCCCCCCCCCCC)sc3cc52)s1. The minimum Gasteiger partial charge on any atom is -0.274 e. The second-order valence-corrected chi connectivity index (χ2v) is 19.0. The molecule has 0 bridgehead atoms. The van der Waals surface area contributed by atoms with Gasteiger partial charge in [-0.05, 0) is 49.9 Å². The number of thiophene rings is 3. The molecule has 0 aliphatic carbocycles. The molecule has 0 radical (unpaired) electrons. The van der Waals surface area contributed by atoms with Crippen LogP contribution in [0.3, 0.4) is 0 Å². The molecule has 0 aliphatic rings. The van der Waals surface area contributed by atoms with Crippen molar-refractivity contribution in [3.05, 3.63) is 60.9 Å². The first kappa shape index (κ1) is 36.9. The molecular weight excluding hydrogens is 711 g/mol. The number of aromatic nitrogens is 3.